The van der Waals surface area contributed by atoms with Crippen LogP contribution in [0.1, 0.15) is 99.3 Å². The average molecular weight is 236 g/mol. The van der Waals surface area contributed by atoms with Crippen LogP contribution in [0.15, 0.2) is 0 Å². The topological polar surface area (TPSA) is 0 Å². The first-order chi connectivity index (χ1) is 7.74. The second-order valence-corrected chi connectivity index (χ2v) is 4.23. The molecule has 0 aliphatic rings. The van der Waals surface area contributed by atoms with Gasteiger partial charge in [0, 0.05) is 0 Å². The van der Waals surface area contributed by atoms with E-state index in [1.807, 2.05) is 0 Å². The largest absolute Gasteiger partial charge is 1.00 e. The molecular formula is C16H37Li. The van der Waals surface area contributed by atoms with Gasteiger partial charge in [-0.3, -0.25) is 0 Å². The summed E-state index contributed by atoms with van der Waals surface area (Å²) in [6, 6.07) is 0. The molecule has 0 unspecified atom stereocenters. The van der Waals surface area contributed by atoms with Crippen molar-refractivity contribution >= 4 is 0 Å². The van der Waals surface area contributed by atoms with Crippen LogP contribution in [0.3, 0.4) is 0 Å². The SMILES string of the molecule is CCCCCC.CCCCCC.C[CH-]CC.[Li+]. The van der Waals surface area contributed by atoms with Crippen LogP contribution in [0.5, 0.6) is 0 Å². The van der Waals surface area contributed by atoms with Crippen LogP contribution >= 0.6 is 0 Å². The quantitative estimate of drug-likeness (QED) is 0.358. The fraction of sp³-hybridized carbons (Fsp3) is 0.938. The second kappa shape index (κ2) is 36.0. The van der Waals surface area contributed by atoms with Gasteiger partial charge in [0.1, 0.15) is 0 Å². The van der Waals surface area contributed by atoms with Crippen molar-refractivity contribution in [3.8, 4) is 0 Å². The van der Waals surface area contributed by atoms with Crippen molar-refractivity contribution in [3.05, 3.63) is 6.42 Å². The molecule has 0 saturated heterocycles. The molecule has 0 aromatic carbocycles. The minimum atomic E-state index is 0. The third-order valence-electron chi connectivity index (χ3n) is 2.32. The zero-order chi connectivity index (χ0) is 13.1. The number of rotatable bonds is 7. The summed E-state index contributed by atoms with van der Waals surface area (Å²) in [4.78, 5) is 0. The van der Waals surface area contributed by atoms with Gasteiger partial charge in [0.05, 0.1) is 0 Å². The van der Waals surface area contributed by atoms with Gasteiger partial charge in [0.25, 0.3) is 0 Å². The fourth-order valence-electron chi connectivity index (χ4n) is 1.000. The molecule has 0 heterocycles. The molecule has 1 heteroatoms. The average Bonchev–Trinajstić information content (AvgIpc) is 2.34. The summed E-state index contributed by atoms with van der Waals surface area (Å²) in [5, 5.41) is 0. The van der Waals surface area contributed by atoms with E-state index in [0.29, 0.717) is 0 Å². The summed E-state index contributed by atoms with van der Waals surface area (Å²) >= 11 is 0. The molecule has 17 heavy (non-hydrogen) atoms. The van der Waals surface area contributed by atoms with Crippen LogP contribution in [0.25, 0.3) is 0 Å². The molecule has 0 bridgehead atoms. The van der Waals surface area contributed by atoms with E-state index in [4.69, 9.17) is 0 Å². The Labute approximate surface area is 125 Å². The van der Waals surface area contributed by atoms with Gasteiger partial charge in [0.15, 0.2) is 0 Å². The minimum absolute atomic E-state index is 0. The van der Waals surface area contributed by atoms with E-state index in [1.165, 1.54) is 57.8 Å². The monoisotopic (exact) mass is 236 g/mol. The molecule has 0 saturated carbocycles. The predicted octanol–water partition coefficient (Wildman–Crippen LogP) is 3.80. The van der Waals surface area contributed by atoms with Crippen molar-refractivity contribution in [3.63, 3.8) is 0 Å². The van der Waals surface area contributed by atoms with E-state index in [1.54, 1.807) is 0 Å². The molecule has 0 spiro atoms. The summed E-state index contributed by atoms with van der Waals surface area (Å²) in [7, 11) is 0. The Balaban J connectivity index is -0.0000000741. The minimum Gasteiger partial charge on any atom is -0.332 e. The van der Waals surface area contributed by atoms with Gasteiger partial charge >= 0.3 is 18.9 Å². The molecule has 0 atom stereocenters. The van der Waals surface area contributed by atoms with Crippen LogP contribution in [-0.4, -0.2) is 0 Å². The maximum atomic E-state index is 2.23. The van der Waals surface area contributed by atoms with Crippen LogP contribution in [0.2, 0.25) is 0 Å². The van der Waals surface area contributed by atoms with Gasteiger partial charge in [-0.1, -0.05) is 86.0 Å². The van der Waals surface area contributed by atoms with Crippen molar-refractivity contribution in [1.82, 2.24) is 0 Å². The van der Waals surface area contributed by atoms with E-state index in [9.17, 15) is 0 Å². The Morgan fingerprint density at radius 3 is 0.824 bits per heavy atom. The zero-order valence-electron chi connectivity index (χ0n) is 13.9. The Morgan fingerprint density at radius 2 is 0.765 bits per heavy atom. The summed E-state index contributed by atoms with van der Waals surface area (Å²) in [5.41, 5.74) is 0. The van der Waals surface area contributed by atoms with Crippen LogP contribution in [-0.2, 0) is 0 Å². The first-order valence-corrected chi connectivity index (χ1v) is 7.52. The summed E-state index contributed by atoms with van der Waals surface area (Å²) in [5.74, 6) is 0. The fourth-order valence-corrected chi connectivity index (χ4v) is 1.000. The van der Waals surface area contributed by atoms with Crippen molar-refractivity contribution in [2.24, 2.45) is 0 Å². The maximum absolute atomic E-state index is 2.23. The zero-order valence-corrected chi connectivity index (χ0v) is 13.9. The van der Waals surface area contributed by atoms with E-state index in [0.717, 1.165) is 0 Å². The van der Waals surface area contributed by atoms with Crippen LogP contribution < -0.4 is 18.9 Å². The van der Waals surface area contributed by atoms with Crippen molar-refractivity contribution in [2.75, 3.05) is 0 Å². The summed E-state index contributed by atoms with van der Waals surface area (Å²) < 4.78 is 0. The third-order valence-corrected chi connectivity index (χ3v) is 2.32. The van der Waals surface area contributed by atoms with Crippen molar-refractivity contribution in [2.45, 2.75) is 99.3 Å². The van der Waals surface area contributed by atoms with Gasteiger partial charge in [-0.05, 0) is 0 Å². The molecule has 102 valence electrons. The summed E-state index contributed by atoms with van der Waals surface area (Å²) in [6.07, 6.45) is 14.4. The number of hydrogen-bond acceptors (Lipinski definition) is 0. The molecule has 0 radical (unpaired) electrons. The molecule has 0 nitrogen and oxygen atoms in total. The Bertz CT molecular complexity index is 53.9. The van der Waals surface area contributed by atoms with E-state index < -0.39 is 0 Å². The molecule has 0 aromatic rings. The molecular weight excluding hydrogens is 199 g/mol. The molecule has 0 aromatic heterocycles. The first kappa shape index (κ1) is 26.2. The molecule has 0 rings (SSSR count). The van der Waals surface area contributed by atoms with Crippen molar-refractivity contribution in [1.29, 1.82) is 0 Å². The standard InChI is InChI=1S/2C6H14.C4H9.Li/c2*1-3-5-6-4-2;1-3-4-2;/h2*3-6H2,1-2H3;3H,4H2,1-2H3;/q;;-1;+1. The van der Waals surface area contributed by atoms with Crippen molar-refractivity contribution < 1.29 is 18.9 Å². The van der Waals surface area contributed by atoms with Crippen LogP contribution in [0.4, 0.5) is 0 Å². The molecule has 0 fully saturated rings. The molecule has 0 aliphatic carbocycles. The Hall–Kier alpha value is 0.597. The van der Waals surface area contributed by atoms with Gasteiger partial charge in [-0.25, -0.2) is 0 Å². The predicted molar refractivity (Wildman–Crippen MR) is 79.9 cm³/mol. The molecule has 0 amide bonds. The van der Waals surface area contributed by atoms with E-state index in [2.05, 4.69) is 48.0 Å². The Morgan fingerprint density at radius 1 is 0.588 bits per heavy atom. The Kier molecular flexibility index (Phi) is 55.5. The maximum Gasteiger partial charge on any atom is 1.00 e. The smallest absolute Gasteiger partial charge is 0.332 e. The molecule has 0 N–H and O–H groups in total. The first-order valence-electron chi connectivity index (χ1n) is 7.52. The molecule has 0 aliphatic heterocycles. The normalized spacial score (nSPS) is 8.12. The van der Waals surface area contributed by atoms with E-state index >= 15 is 0 Å². The van der Waals surface area contributed by atoms with Gasteiger partial charge < -0.3 is 6.42 Å². The van der Waals surface area contributed by atoms with Crippen LogP contribution in [0, 0.1) is 6.42 Å². The summed E-state index contributed by atoms with van der Waals surface area (Å²) in [6.45, 7) is 13.1. The van der Waals surface area contributed by atoms with Gasteiger partial charge in [0.2, 0.25) is 0 Å². The third kappa shape index (κ3) is 61.3. The van der Waals surface area contributed by atoms with Gasteiger partial charge in [-0.15, -0.1) is 0 Å². The van der Waals surface area contributed by atoms with Gasteiger partial charge in [-0.2, -0.15) is 13.3 Å². The number of hydrogen-bond donors (Lipinski definition) is 0. The second-order valence-electron chi connectivity index (χ2n) is 4.23. The van der Waals surface area contributed by atoms with E-state index in [-0.39, 0.29) is 18.9 Å². The number of unbranched alkanes of at least 4 members (excludes halogenated alkanes) is 7.